The van der Waals surface area contributed by atoms with Gasteiger partial charge in [-0.1, -0.05) is 0 Å². The van der Waals surface area contributed by atoms with Gasteiger partial charge < -0.3 is 14.6 Å². The number of aliphatic hydroxyl groups is 1. The molecule has 1 aliphatic heterocycles. The van der Waals surface area contributed by atoms with Crippen molar-refractivity contribution >= 4 is 0 Å². The third-order valence-corrected chi connectivity index (χ3v) is 1.97. The Labute approximate surface area is 97.7 Å². The molecule has 19 heavy (non-hydrogen) atoms. The molecular formula is C7H3F9O3. The summed E-state index contributed by atoms with van der Waals surface area (Å²) in [6.07, 6.45) is -7.30. The monoisotopic (exact) mass is 306 g/mol. The second-order valence-corrected chi connectivity index (χ2v) is 3.26. The molecule has 1 atom stereocenters. The molecule has 0 amide bonds. The molecule has 3 nitrogen and oxygen atoms in total. The predicted octanol–water partition coefficient (Wildman–Crippen LogP) is 2.62. The van der Waals surface area contributed by atoms with Gasteiger partial charge in [-0.25, -0.2) is 0 Å². The van der Waals surface area contributed by atoms with Crippen LogP contribution in [0.2, 0.25) is 0 Å². The minimum Gasteiger partial charge on any atom is -0.436 e. The Morgan fingerprint density at radius 3 is 1.68 bits per heavy atom. The molecule has 0 aromatic rings. The van der Waals surface area contributed by atoms with Crippen LogP contribution in [-0.4, -0.2) is 35.5 Å². The Kier molecular flexibility index (Phi) is 3.38. The van der Waals surface area contributed by atoms with Crippen molar-refractivity contribution in [3.05, 3.63) is 12.0 Å². The van der Waals surface area contributed by atoms with Crippen molar-refractivity contribution in [2.75, 3.05) is 0 Å². The molecule has 1 unspecified atom stereocenters. The highest BCUT2D eigenvalue weighted by atomic mass is 19.4. The van der Waals surface area contributed by atoms with Crippen LogP contribution in [0.25, 0.3) is 0 Å². The van der Waals surface area contributed by atoms with Crippen molar-refractivity contribution in [1.82, 2.24) is 0 Å². The Balaban J connectivity index is 3.19. The number of ether oxygens (including phenoxy) is 2. The minimum atomic E-state index is -7.03. The van der Waals surface area contributed by atoms with Crippen molar-refractivity contribution in [1.29, 1.82) is 0 Å². The van der Waals surface area contributed by atoms with E-state index in [1.165, 1.54) is 0 Å². The van der Waals surface area contributed by atoms with E-state index >= 15 is 0 Å². The molecule has 0 bridgehead atoms. The molecule has 0 saturated heterocycles. The summed E-state index contributed by atoms with van der Waals surface area (Å²) in [5, 5.41) is 8.41. The van der Waals surface area contributed by atoms with Gasteiger partial charge in [0, 0.05) is 0 Å². The van der Waals surface area contributed by atoms with E-state index in [9.17, 15) is 39.5 Å². The maximum Gasteiger partial charge on any atom is 0.460 e. The molecule has 1 heterocycles. The van der Waals surface area contributed by atoms with Gasteiger partial charge in [0.1, 0.15) is 6.26 Å². The summed E-state index contributed by atoms with van der Waals surface area (Å²) in [4.78, 5) is 0. The van der Waals surface area contributed by atoms with Gasteiger partial charge in [-0.15, -0.1) is 0 Å². The summed E-state index contributed by atoms with van der Waals surface area (Å²) in [7, 11) is 0. The zero-order valence-electron chi connectivity index (χ0n) is 8.32. The van der Waals surface area contributed by atoms with Crippen LogP contribution in [0.15, 0.2) is 12.0 Å². The van der Waals surface area contributed by atoms with Crippen LogP contribution < -0.4 is 0 Å². The molecule has 0 aromatic carbocycles. The molecule has 0 saturated carbocycles. The molecule has 1 aliphatic rings. The smallest absolute Gasteiger partial charge is 0.436 e. The molecule has 0 aliphatic carbocycles. The lowest BCUT2D eigenvalue weighted by Crippen LogP contribution is -2.61. The first-order valence-corrected chi connectivity index (χ1v) is 4.16. The van der Waals surface area contributed by atoms with Crippen molar-refractivity contribution in [2.24, 2.45) is 0 Å². The van der Waals surface area contributed by atoms with Crippen molar-refractivity contribution < 1.29 is 54.1 Å². The number of hydrogen-bond donors (Lipinski definition) is 1. The second-order valence-electron chi connectivity index (χ2n) is 3.26. The van der Waals surface area contributed by atoms with E-state index in [1.807, 2.05) is 0 Å². The van der Waals surface area contributed by atoms with Crippen LogP contribution in [0, 0.1) is 0 Å². The fraction of sp³-hybridized carbons (Fsp3) is 0.714. The molecule has 0 aromatic heterocycles. The van der Waals surface area contributed by atoms with Crippen LogP contribution in [0.4, 0.5) is 39.5 Å². The average Bonchev–Trinajstić information content (AvgIpc) is 2.63. The first-order chi connectivity index (χ1) is 8.25. The summed E-state index contributed by atoms with van der Waals surface area (Å²) >= 11 is 0. The molecule has 1 N–H and O–H groups in total. The van der Waals surface area contributed by atoms with Gasteiger partial charge in [-0.2, -0.15) is 39.5 Å². The maximum atomic E-state index is 13.0. The van der Waals surface area contributed by atoms with Crippen LogP contribution in [0.5, 0.6) is 0 Å². The third-order valence-electron chi connectivity index (χ3n) is 1.97. The summed E-state index contributed by atoms with van der Waals surface area (Å²) in [5.41, 5.74) is 0. The second kappa shape index (κ2) is 4.08. The number of halogens is 9. The minimum absolute atomic E-state index is 0.384. The highest BCUT2D eigenvalue weighted by Gasteiger charge is 2.83. The first kappa shape index (κ1) is 15.7. The predicted molar refractivity (Wildman–Crippen MR) is 37.2 cm³/mol. The van der Waals surface area contributed by atoms with Gasteiger partial charge in [0.25, 0.3) is 0 Å². The van der Waals surface area contributed by atoms with Gasteiger partial charge in [0.2, 0.25) is 5.76 Å². The van der Waals surface area contributed by atoms with Crippen LogP contribution >= 0.6 is 0 Å². The highest BCUT2D eigenvalue weighted by molar-refractivity contribution is 5.15. The largest absolute Gasteiger partial charge is 0.460 e. The topological polar surface area (TPSA) is 38.7 Å². The fourth-order valence-electron chi connectivity index (χ4n) is 0.962. The molecule has 1 rings (SSSR count). The fourth-order valence-corrected chi connectivity index (χ4v) is 0.962. The summed E-state index contributed by atoms with van der Waals surface area (Å²) in [6, 6.07) is 0. The van der Waals surface area contributed by atoms with Crippen LogP contribution in [0.3, 0.4) is 0 Å². The molecular weight excluding hydrogens is 303 g/mol. The SMILES string of the molecule is OC1OC=C(C(F)(F)C(F)(F)C(F)(F)C(F)(F)F)O1. The van der Waals surface area contributed by atoms with Crippen LogP contribution in [-0.2, 0) is 9.47 Å². The molecule has 0 fully saturated rings. The van der Waals surface area contributed by atoms with E-state index in [2.05, 4.69) is 9.47 Å². The van der Waals surface area contributed by atoms with E-state index in [0.717, 1.165) is 0 Å². The zero-order valence-corrected chi connectivity index (χ0v) is 8.32. The Morgan fingerprint density at radius 1 is 0.895 bits per heavy atom. The van der Waals surface area contributed by atoms with Gasteiger partial charge >= 0.3 is 30.4 Å². The van der Waals surface area contributed by atoms with E-state index in [0.29, 0.717) is 0 Å². The number of allylic oxidation sites excluding steroid dienone is 1. The van der Waals surface area contributed by atoms with E-state index in [-0.39, 0.29) is 6.26 Å². The molecule has 0 spiro atoms. The van der Waals surface area contributed by atoms with Gasteiger partial charge in [0.15, 0.2) is 0 Å². The Morgan fingerprint density at radius 2 is 1.37 bits per heavy atom. The molecule has 0 radical (unpaired) electrons. The average molecular weight is 306 g/mol. The Bertz CT molecular complexity index is 386. The zero-order chi connectivity index (χ0) is 15.3. The summed E-state index contributed by atoms with van der Waals surface area (Å²) in [6.45, 7) is -2.50. The molecule has 112 valence electrons. The van der Waals surface area contributed by atoms with E-state index in [1.54, 1.807) is 0 Å². The lowest BCUT2D eigenvalue weighted by atomic mass is 10.0. The summed E-state index contributed by atoms with van der Waals surface area (Å²) < 4.78 is 119. The number of alkyl halides is 9. The number of aliphatic hydroxyl groups excluding tert-OH is 1. The summed E-state index contributed by atoms with van der Waals surface area (Å²) in [5.74, 6) is -22.3. The lowest BCUT2D eigenvalue weighted by Gasteiger charge is -2.33. The van der Waals surface area contributed by atoms with Crippen LogP contribution in [0.1, 0.15) is 0 Å². The third kappa shape index (κ3) is 2.17. The van der Waals surface area contributed by atoms with E-state index in [4.69, 9.17) is 5.11 Å². The number of rotatable bonds is 3. The number of hydrogen-bond acceptors (Lipinski definition) is 3. The quantitative estimate of drug-likeness (QED) is 0.815. The highest BCUT2D eigenvalue weighted by Crippen LogP contribution is 2.55. The Hall–Kier alpha value is -1.33. The normalized spacial score (nSPS) is 21.8. The van der Waals surface area contributed by atoms with E-state index < -0.39 is 36.2 Å². The van der Waals surface area contributed by atoms with Gasteiger partial charge in [0.05, 0.1) is 0 Å². The molecule has 12 heteroatoms. The van der Waals surface area contributed by atoms with Crippen molar-refractivity contribution in [3.8, 4) is 0 Å². The van der Waals surface area contributed by atoms with Gasteiger partial charge in [-0.05, 0) is 0 Å². The maximum absolute atomic E-state index is 13.0. The van der Waals surface area contributed by atoms with Gasteiger partial charge in [-0.3, -0.25) is 0 Å². The lowest BCUT2D eigenvalue weighted by molar-refractivity contribution is -0.394. The van der Waals surface area contributed by atoms with Crippen molar-refractivity contribution in [3.63, 3.8) is 0 Å². The van der Waals surface area contributed by atoms with Crippen molar-refractivity contribution in [2.45, 2.75) is 30.4 Å². The standard InChI is InChI=1S/C7H3F9O3/c8-4(9,2-1-18-3(17)19-2)5(10,11)6(12,13)7(14,15)16/h1,3,17H. The first-order valence-electron chi connectivity index (χ1n) is 4.16.